The fourth-order valence-electron chi connectivity index (χ4n) is 1.75. The molecule has 0 bridgehead atoms. The fourth-order valence-corrected chi connectivity index (χ4v) is 1.75. The van der Waals surface area contributed by atoms with Gasteiger partial charge in [0.05, 0.1) is 5.56 Å². The van der Waals surface area contributed by atoms with E-state index in [1.165, 1.54) is 12.1 Å². The van der Waals surface area contributed by atoms with Crippen LogP contribution >= 0.6 is 0 Å². The minimum atomic E-state index is -4.27. The predicted octanol–water partition coefficient (Wildman–Crippen LogP) is 4.16. The van der Waals surface area contributed by atoms with E-state index in [9.17, 15) is 13.2 Å². The molecule has 1 aromatic rings. The maximum atomic E-state index is 12.4. The number of hydrogen-bond donors (Lipinski definition) is 1. The lowest BCUT2D eigenvalue weighted by molar-refractivity contribution is -0.137. The lowest BCUT2D eigenvalue weighted by atomic mass is 10.1. The highest BCUT2D eigenvalue weighted by Gasteiger charge is 2.30. The van der Waals surface area contributed by atoms with Gasteiger partial charge in [-0.25, -0.2) is 0 Å². The standard InChI is InChI=1S/C15H18F3N/c1-3-4-5-6-11-19-12(2)13-7-9-14(10-8-13)15(16,17)18/h1,7-10,12,19H,4-6,11H2,2H3. The van der Waals surface area contributed by atoms with Crippen LogP contribution < -0.4 is 5.32 Å². The third-order valence-corrected chi connectivity index (χ3v) is 2.94. The number of unbranched alkanes of at least 4 members (excludes halogenated alkanes) is 2. The number of alkyl halides is 3. The lowest BCUT2D eigenvalue weighted by Crippen LogP contribution is -2.20. The molecule has 104 valence electrons. The molecule has 19 heavy (non-hydrogen) atoms. The minimum absolute atomic E-state index is 0.0353. The Labute approximate surface area is 112 Å². The maximum absolute atomic E-state index is 12.4. The third kappa shape index (κ3) is 5.35. The molecule has 0 aliphatic carbocycles. The molecule has 1 nitrogen and oxygen atoms in total. The summed E-state index contributed by atoms with van der Waals surface area (Å²) in [5.74, 6) is 2.57. The van der Waals surface area contributed by atoms with Crippen molar-refractivity contribution in [3.8, 4) is 12.3 Å². The lowest BCUT2D eigenvalue weighted by Gasteiger charge is -2.15. The molecule has 0 aliphatic heterocycles. The molecule has 1 aromatic carbocycles. The summed E-state index contributed by atoms with van der Waals surface area (Å²) in [7, 11) is 0. The van der Waals surface area contributed by atoms with Crippen molar-refractivity contribution in [3.05, 3.63) is 35.4 Å². The van der Waals surface area contributed by atoms with E-state index in [1.807, 2.05) is 6.92 Å². The molecule has 0 heterocycles. The Morgan fingerprint density at radius 2 is 1.84 bits per heavy atom. The first-order valence-corrected chi connectivity index (χ1v) is 6.29. The third-order valence-electron chi connectivity index (χ3n) is 2.94. The summed E-state index contributed by atoms with van der Waals surface area (Å²) < 4.78 is 37.2. The molecule has 1 unspecified atom stereocenters. The molecule has 0 saturated heterocycles. The summed E-state index contributed by atoms with van der Waals surface area (Å²) >= 11 is 0. The largest absolute Gasteiger partial charge is 0.416 e. The SMILES string of the molecule is C#CCCCCNC(C)c1ccc(C(F)(F)F)cc1. The molecule has 4 heteroatoms. The van der Waals surface area contributed by atoms with Crippen LogP contribution in [0.15, 0.2) is 24.3 Å². The molecule has 1 atom stereocenters. The second-order valence-corrected chi connectivity index (χ2v) is 4.46. The van der Waals surface area contributed by atoms with Crippen molar-refractivity contribution in [1.29, 1.82) is 0 Å². The second kappa shape index (κ2) is 7.20. The van der Waals surface area contributed by atoms with E-state index in [1.54, 1.807) is 0 Å². The zero-order chi connectivity index (χ0) is 14.3. The molecular formula is C15H18F3N. The van der Waals surface area contributed by atoms with Gasteiger partial charge in [-0.3, -0.25) is 0 Å². The Morgan fingerprint density at radius 3 is 2.37 bits per heavy atom. The van der Waals surface area contributed by atoms with Crippen molar-refractivity contribution in [1.82, 2.24) is 5.32 Å². The summed E-state index contributed by atoms with van der Waals surface area (Å²) in [5, 5.41) is 3.27. The number of halogens is 3. The topological polar surface area (TPSA) is 12.0 Å². The van der Waals surface area contributed by atoms with Crippen LogP contribution in [-0.4, -0.2) is 6.54 Å². The zero-order valence-electron chi connectivity index (χ0n) is 10.9. The summed E-state index contributed by atoms with van der Waals surface area (Å²) in [6, 6.07) is 5.30. The zero-order valence-corrected chi connectivity index (χ0v) is 10.9. The van der Waals surface area contributed by atoms with Gasteiger partial charge in [0.2, 0.25) is 0 Å². The molecule has 0 fully saturated rings. The van der Waals surface area contributed by atoms with E-state index in [4.69, 9.17) is 6.42 Å². The van der Waals surface area contributed by atoms with Gasteiger partial charge in [-0.1, -0.05) is 12.1 Å². The Hall–Kier alpha value is -1.47. The quantitative estimate of drug-likeness (QED) is 0.604. The van der Waals surface area contributed by atoms with Gasteiger partial charge in [0.15, 0.2) is 0 Å². The maximum Gasteiger partial charge on any atom is 0.416 e. The van der Waals surface area contributed by atoms with Crippen LogP contribution in [0.3, 0.4) is 0 Å². The number of hydrogen-bond acceptors (Lipinski definition) is 1. The van der Waals surface area contributed by atoms with Gasteiger partial charge in [-0.2, -0.15) is 13.2 Å². The molecule has 0 saturated carbocycles. The fraction of sp³-hybridized carbons (Fsp3) is 0.467. The van der Waals surface area contributed by atoms with Gasteiger partial charge in [-0.15, -0.1) is 12.3 Å². The number of rotatable bonds is 6. The van der Waals surface area contributed by atoms with Crippen molar-refractivity contribution in [2.24, 2.45) is 0 Å². The average molecular weight is 269 g/mol. The van der Waals surface area contributed by atoms with Gasteiger partial charge in [0.25, 0.3) is 0 Å². The van der Waals surface area contributed by atoms with Crippen LogP contribution in [0.4, 0.5) is 13.2 Å². The van der Waals surface area contributed by atoms with Gasteiger partial charge in [0.1, 0.15) is 0 Å². The summed E-state index contributed by atoms with van der Waals surface area (Å²) in [6.07, 6.45) is 3.56. The van der Waals surface area contributed by atoms with Crippen LogP contribution in [0.2, 0.25) is 0 Å². The highest BCUT2D eigenvalue weighted by atomic mass is 19.4. The molecule has 0 amide bonds. The van der Waals surface area contributed by atoms with E-state index >= 15 is 0 Å². The first-order valence-electron chi connectivity index (χ1n) is 6.29. The molecule has 0 aromatic heterocycles. The number of benzene rings is 1. The first-order chi connectivity index (χ1) is 8.95. The van der Waals surface area contributed by atoms with Crippen LogP contribution in [0, 0.1) is 12.3 Å². The van der Waals surface area contributed by atoms with Gasteiger partial charge < -0.3 is 5.32 Å². The van der Waals surface area contributed by atoms with Crippen LogP contribution in [-0.2, 0) is 6.18 Å². The smallest absolute Gasteiger partial charge is 0.310 e. The van der Waals surface area contributed by atoms with Gasteiger partial charge in [0, 0.05) is 12.5 Å². The Kier molecular flexibility index (Phi) is 5.91. The molecule has 0 radical (unpaired) electrons. The van der Waals surface area contributed by atoms with Crippen LogP contribution in [0.25, 0.3) is 0 Å². The van der Waals surface area contributed by atoms with Crippen LogP contribution in [0.5, 0.6) is 0 Å². The Morgan fingerprint density at radius 1 is 1.21 bits per heavy atom. The highest BCUT2D eigenvalue weighted by molar-refractivity contribution is 5.26. The van der Waals surface area contributed by atoms with Crippen molar-refractivity contribution in [3.63, 3.8) is 0 Å². The van der Waals surface area contributed by atoms with Crippen molar-refractivity contribution < 1.29 is 13.2 Å². The van der Waals surface area contributed by atoms with Crippen LogP contribution in [0.1, 0.15) is 43.4 Å². The van der Waals surface area contributed by atoms with Crippen molar-refractivity contribution in [2.75, 3.05) is 6.54 Å². The molecule has 0 spiro atoms. The number of nitrogens with one attached hydrogen (secondary N) is 1. The number of terminal acetylenes is 1. The Bertz CT molecular complexity index is 415. The molecule has 1 rings (SSSR count). The molecule has 1 N–H and O–H groups in total. The summed E-state index contributed by atoms with van der Waals surface area (Å²) in [4.78, 5) is 0. The van der Waals surface area contributed by atoms with E-state index in [-0.39, 0.29) is 6.04 Å². The Balaban J connectivity index is 2.45. The molecule has 0 aliphatic rings. The summed E-state index contributed by atoms with van der Waals surface area (Å²) in [5.41, 5.74) is 0.238. The minimum Gasteiger partial charge on any atom is -0.310 e. The normalized spacial score (nSPS) is 13.0. The first kappa shape index (κ1) is 15.6. The second-order valence-electron chi connectivity index (χ2n) is 4.46. The van der Waals surface area contributed by atoms with Gasteiger partial charge >= 0.3 is 6.18 Å². The monoisotopic (exact) mass is 269 g/mol. The van der Waals surface area contributed by atoms with E-state index in [0.717, 1.165) is 43.5 Å². The van der Waals surface area contributed by atoms with E-state index < -0.39 is 11.7 Å². The van der Waals surface area contributed by atoms with E-state index in [0.29, 0.717) is 0 Å². The predicted molar refractivity (Wildman–Crippen MR) is 70.5 cm³/mol. The average Bonchev–Trinajstić information content (AvgIpc) is 2.37. The van der Waals surface area contributed by atoms with Gasteiger partial charge in [-0.05, 0) is 44.0 Å². The molecular weight excluding hydrogens is 251 g/mol. The summed E-state index contributed by atoms with van der Waals surface area (Å²) in [6.45, 7) is 2.74. The highest BCUT2D eigenvalue weighted by Crippen LogP contribution is 2.29. The van der Waals surface area contributed by atoms with Crippen molar-refractivity contribution in [2.45, 2.75) is 38.4 Å². The van der Waals surface area contributed by atoms with Crippen molar-refractivity contribution >= 4 is 0 Å². The van der Waals surface area contributed by atoms with E-state index in [2.05, 4.69) is 11.2 Å².